The van der Waals surface area contributed by atoms with Gasteiger partial charge in [-0.1, -0.05) is 6.07 Å². The summed E-state index contributed by atoms with van der Waals surface area (Å²) in [5, 5.41) is 11.4. The zero-order valence-corrected chi connectivity index (χ0v) is 12.1. The average Bonchev–Trinajstić information content (AvgIpc) is 2.36. The number of amides is 2. The van der Waals surface area contributed by atoms with Gasteiger partial charge in [0.25, 0.3) is 0 Å². The van der Waals surface area contributed by atoms with Crippen LogP contribution in [0.1, 0.15) is 11.1 Å². The fourth-order valence-corrected chi connectivity index (χ4v) is 1.83. The number of anilines is 1. The molecule has 0 aliphatic carbocycles. The predicted molar refractivity (Wildman–Crippen MR) is 76.2 cm³/mol. The summed E-state index contributed by atoms with van der Waals surface area (Å²) < 4.78 is 4.75. The van der Waals surface area contributed by atoms with Crippen LogP contribution >= 0.6 is 0 Å². The summed E-state index contributed by atoms with van der Waals surface area (Å²) in [6, 6.07) is 5.41. The molecule has 0 fully saturated rings. The maximum absolute atomic E-state index is 12.0. The number of nitrogens with one attached hydrogen (secondary N) is 1. The van der Waals surface area contributed by atoms with Gasteiger partial charge in [0.1, 0.15) is 0 Å². The van der Waals surface area contributed by atoms with Gasteiger partial charge in [-0.05, 0) is 37.1 Å². The minimum atomic E-state index is -1.11. The van der Waals surface area contributed by atoms with Gasteiger partial charge in [0, 0.05) is 19.8 Å². The number of carboxylic acid groups (broad SMARTS) is 1. The van der Waals surface area contributed by atoms with Crippen molar-refractivity contribution in [3.8, 4) is 0 Å². The second-order valence-corrected chi connectivity index (χ2v) is 4.65. The van der Waals surface area contributed by atoms with Crippen LogP contribution in [0.5, 0.6) is 0 Å². The molecular weight excluding hydrogens is 260 g/mol. The van der Waals surface area contributed by atoms with E-state index in [2.05, 4.69) is 5.32 Å². The van der Waals surface area contributed by atoms with Gasteiger partial charge in [-0.25, -0.2) is 9.59 Å². The summed E-state index contributed by atoms with van der Waals surface area (Å²) >= 11 is 0. The first-order valence-corrected chi connectivity index (χ1v) is 6.20. The van der Waals surface area contributed by atoms with Gasteiger partial charge >= 0.3 is 12.0 Å². The molecular formula is C14H20N2O4. The topological polar surface area (TPSA) is 78.9 Å². The van der Waals surface area contributed by atoms with Crippen molar-refractivity contribution in [2.45, 2.75) is 20.0 Å². The number of benzene rings is 1. The van der Waals surface area contributed by atoms with Crippen LogP contribution in [0.15, 0.2) is 18.2 Å². The largest absolute Gasteiger partial charge is 0.479 e. The van der Waals surface area contributed by atoms with Crippen LogP contribution in [-0.2, 0) is 9.53 Å². The molecule has 2 amide bonds. The minimum Gasteiger partial charge on any atom is -0.479 e. The highest BCUT2D eigenvalue weighted by atomic mass is 16.5. The molecule has 2 N–H and O–H groups in total. The van der Waals surface area contributed by atoms with Crippen molar-refractivity contribution in [2.24, 2.45) is 0 Å². The third kappa shape index (κ3) is 4.24. The Morgan fingerprint density at radius 2 is 1.85 bits per heavy atom. The minimum absolute atomic E-state index is 0.0835. The molecule has 0 aliphatic heterocycles. The number of carbonyl (C=O) groups is 2. The van der Waals surface area contributed by atoms with Gasteiger partial charge in [0.15, 0.2) is 6.10 Å². The van der Waals surface area contributed by atoms with Crippen molar-refractivity contribution in [2.75, 3.05) is 25.6 Å². The van der Waals surface area contributed by atoms with E-state index in [1.54, 1.807) is 7.05 Å². The molecule has 0 aliphatic rings. The standard InChI is InChI=1S/C14H20N2O4/c1-9-5-10(2)7-11(6-9)16(3)14(19)15-8-12(20-4)13(17)18/h5-7,12H,8H2,1-4H3,(H,15,19)(H,17,18). The molecule has 20 heavy (non-hydrogen) atoms. The van der Waals surface area contributed by atoms with Crippen molar-refractivity contribution in [3.05, 3.63) is 29.3 Å². The molecule has 110 valence electrons. The number of ether oxygens (including phenoxy) is 1. The van der Waals surface area contributed by atoms with Gasteiger partial charge in [-0.3, -0.25) is 4.90 Å². The Morgan fingerprint density at radius 3 is 2.30 bits per heavy atom. The first-order valence-electron chi connectivity index (χ1n) is 6.20. The van der Waals surface area contributed by atoms with Gasteiger partial charge in [-0.2, -0.15) is 0 Å². The number of hydrogen-bond donors (Lipinski definition) is 2. The van der Waals surface area contributed by atoms with E-state index in [0.717, 1.165) is 16.8 Å². The fraction of sp³-hybridized carbons (Fsp3) is 0.429. The Labute approximate surface area is 118 Å². The molecule has 0 aromatic heterocycles. The molecule has 6 heteroatoms. The molecule has 0 radical (unpaired) electrons. The van der Waals surface area contributed by atoms with E-state index >= 15 is 0 Å². The molecule has 0 bridgehead atoms. The fourth-order valence-electron chi connectivity index (χ4n) is 1.83. The van der Waals surface area contributed by atoms with Crippen LogP contribution in [0, 0.1) is 13.8 Å². The molecule has 0 spiro atoms. The van der Waals surface area contributed by atoms with Crippen LogP contribution in [0.3, 0.4) is 0 Å². The number of urea groups is 1. The smallest absolute Gasteiger partial charge is 0.334 e. The zero-order chi connectivity index (χ0) is 15.3. The van der Waals surface area contributed by atoms with E-state index in [9.17, 15) is 9.59 Å². The highest BCUT2D eigenvalue weighted by molar-refractivity contribution is 5.91. The van der Waals surface area contributed by atoms with Crippen LogP contribution in [0.2, 0.25) is 0 Å². The second-order valence-electron chi connectivity index (χ2n) is 4.65. The molecule has 0 saturated heterocycles. The Balaban J connectivity index is 2.69. The number of aliphatic carboxylic acids is 1. The van der Waals surface area contributed by atoms with E-state index in [1.165, 1.54) is 12.0 Å². The van der Waals surface area contributed by atoms with Crippen LogP contribution in [0.4, 0.5) is 10.5 Å². The Kier molecular flexibility index (Phi) is 5.52. The van der Waals surface area contributed by atoms with E-state index in [4.69, 9.17) is 9.84 Å². The van der Waals surface area contributed by atoms with Gasteiger partial charge < -0.3 is 15.2 Å². The van der Waals surface area contributed by atoms with Gasteiger partial charge in [0.05, 0.1) is 6.54 Å². The van der Waals surface area contributed by atoms with E-state index < -0.39 is 12.1 Å². The quantitative estimate of drug-likeness (QED) is 0.857. The Morgan fingerprint density at radius 1 is 1.30 bits per heavy atom. The lowest BCUT2D eigenvalue weighted by molar-refractivity contribution is -0.147. The van der Waals surface area contributed by atoms with Crippen LogP contribution in [-0.4, -0.2) is 43.9 Å². The molecule has 1 rings (SSSR count). The van der Waals surface area contributed by atoms with Gasteiger partial charge in [0.2, 0.25) is 0 Å². The first kappa shape index (κ1) is 16.0. The summed E-state index contributed by atoms with van der Waals surface area (Å²) in [5.41, 5.74) is 2.86. The lowest BCUT2D eigenvalue weighted by atomic mass is 10.1. The van der Waals surface area contributed by atoms with E-state index in [-0.39, 0.29) is 12.6 Å². The second kappa shape index (κ2) is 6.91. The summed E-state index contributed by atoms with van der Waals surface area (Å²) in [7, 11) is 2.92. The van der Waals surface area contributed by atoms with Crippen molar-refractivity contribution in [1.82, 2.24) is 5.32 Å². The van der Waals surface area contributed by atoms with Crippen molar-refractivity contribution in [1.29, 1.82) is 0 Å². The van der Waals surface area contributed by atoms with E-state index in [1.807, 2.05) is 32.0 Å². The highest BCUT2D eigenvalue weighted by Gasteiger charge is 2.19. The predicted octanol–water partition coefficient (Wildman–Crippen LogP) is 1.55. The number of carbonyl (C=O) groups excluding carboxylic acids is 1. The number of nitrogens with zero attached hydrogens (tertiary/aromatic N) is 1. The number of rotatable bonds is 5. The van der Waals surface area contributed by atoms with Crippen molar-refractivity contribution >= 4 is 17.7 Å². The number of methoxy groups -OCH3 is 1. The summed E-state index contributed by atoms with van der Waals surface area (Å²) in [4.78, 5) is 24.2. The van der Waals surface area contributed by atoms with Crippen molar-refractivity contribution in [3.63, 3.8) is 0 Å². The highest BCUT2D eigenvalue weighted by Crippen LogP contribution is 2.17. The summed E-state index contributed by atoms with van der Waals surface area (Å²) in [5.74, 6) is -1.11. The number of carboxylic acids is 1. The van der Waals surface area contributed by atoms with Crippen molar-refractivity contribution < 1.29 is 19.4 Å². The molecule has 0 saturated carbocycles. The monoisotopic (exact) mass is 280 g/mol. The lowest BCUT2D eigenvalue weighted by Crippen LogP contribution is -2.43. The maximum Gasteiger partial charge on any atom is 0.334 e. The molecule has 1 aromatic rings. The Hall–Kier alpha value is -2.08. The maximum atomic E-state index is 12.0. The van der Waals surface area contributed by atoms with Crippen LogP contribution < -0.4 is 10.2 Å². The third-order valence-corrected chi connectivity index (χ3v) is 2.90. The molecule has 0 heterocycles. The Bertz CT molecular complexity index is 482. The SMILES string of the molecule is COC(CNC(=O)N(C)c1cc(C)cc(C)c1)C(=O)O. The normalized spacial score (nSPS) is 11.8. The first-order chi connectivity index (χ1) is 9.35. The molecule has 6 nitrogen and oxygen atoms in total. The molecule has 1 unspecified atom stereocenters. The number of hydrogen-bond acceptors (Lipinski definition) is 3. The number of aryl methyl sites for hydroxylation is 2. The summed E-state index contributed by atoms with van der Waals surface area (Å²) in [6.45, 7) is 3.82. The molecule has 1 aromatic carbocycles. The lowest BCUT2D eigenvalue weighted by Gasteiger charge is -2.20. The average molecular weight is 280 g/mol. The zero-order valence-electron chi connectivity index (χ0n) is 12.1. The molecule has 1 atom stereocenters. The third-order valence-electron chi connectivity index (χ3n) is 2.90. The van der Waals surface area contributed by atoms with Crippen LogP contribution in [0.25, 0.3) is 0 Å². The summed E-state index contributed by atoms with van der Waals surface area (Å²) in [6.07, 6.45) is -1.05. The van der Waals surface area contributed by atoms with Gasteiger partial charge in [-0.15, -0.1) is 0 Å². The van der Waals surface area contributed by atoms with E-state index in [0.29, 0.717) is 0 Å².